The summed E-state index contributed by atoms with van der Waals surface area (Å²) in [5.41, 5.74) is 1.35. The molecule has 2 rings (SSSR count). The molecule has 0 bridgehead atoms. The zero-order chi connectivity index (χ0) is 17.9. The van der Waals surface area contributed by atoms with Gasteiger partial charge in [0.25, 0.3) is 5.91 Å². The average molecular weight is 350 g/mol. The number of hydrogen-bond donors (Lipinski definition) is 2. The van der Waals surface area contributed by atoms with Crippen LogP contribution in [0.1, 0.15) is 59.2 Å². The summed E-state index contributed by atoms with van der Waals surface area (Å²) in [6.45, 7) is 8.53. The molecule has 7 nitrogen and oxygen atoms in total. The molecule has 8 heteroatoms. The predicted octanol–water partition coefficient (Wildman–Crippen LogP) is 2.33. The zero-order valence-corrected chi connectivity index (χ0v) is 15.1. The van der Waals surface area contributed by atoms with Crippen molar-refractivity contribution in [3.63, 3.8) is 0 Å². The van der Waals surface area contributed by atoms with Crippen molar-refractivity contribution < 1.29 is 14.7 Å². The summed E-state index contributed by atoms with van der Waals surface area (Å²) in [4.78, 5) is 27.2. The first-order chi connectivity index (χ1) is 11.2. The van der Waals surface area contributed by atoms with Gasteiger partial charge in [0.2, 0.25) is 0 Å². The minimum atomic E-state index is -1.04. The van der Waals surface area contributed by atoms with Crippen molar-refractivity contribution in [1.29, 1.82) is 0 Å². The van der Waals surface area contributed by atoms with E-state index in [2.05, 4.69) is 15.4 Å². The van der Waals surface area contributed by atoms with E-state index in [-0.39, 0.29) is 17.1 Å². The van der Waals surface area contributed by atoms with Gasteiger partial charge in [0.15, 0.2) is 5.69 Å². The molecule has 2 heterocycles. The number of nitrogens with one attached hydrogen (secondary N) is 1. The van der Waals surface area contributed by atoms with Crippen LogP contribution in [0.4, 0.5) is 0 Å². The maximum atomic E-state index is 12.4. The number of carbonyl (C=O) groups is 2. The molecule has 0 radical (unpaired) electrons. The van der Waals surface area contributed by atoms with Crippen LogP contribution in [-0.2, 0) is 18.4 Å². The highest BCUT2D eigenvalue weighted by molar-refractivity contribution is 7.09. The van der Waals surface area contributed by atoms with E-state index >= 15 is 0 Å². The number of hydrogen-bond acceptors (Lipinski definition) is 5. The second kappa shape index (κ2) is 7.12. The quantitative estimate of drug-likeness (QED) is 0.833. The van der Waals surface area contributed by atoms with Gasteiger partial charge in [-0.1, -0.05) is 6.92 Å². The highest BCUT2D eigenvalue weighted by Gasteiger charge is 2.22. The Labute approximate surface area is 144 Å². The molecule has 0 fully saturated rings. The third-order valence-electron chi connectivity index (χ3n) is 3.48. The minimum absolute atomic E-state index is 0.0426. The van der Waals surface area contributed by atoms with E-state index in [1.54, 1.807) is 6.20 Å². The van der Waals surface area contributed by atoms with Crippen molar-refractivity contribution in [3.8, 4) is 0 Å². The summed E-state index contributed by atoms with van der Waals surface area (Å²) in [6, 6.07) is 0. The third kappa shape index (κ3) is 4.00. The summed E-state index contributed by atoms with van der Waals surface area (Å²) < 4.78 is 1.88. The van der Waals surface area contributed by atoms with Gasteiger partial charge in [-0.15, -0.1) is 11.3 Å². The first kappa shape index (κ1) is 18.1. The molecule has 0 aromatic carbocycles. The fourth-order valence-corrected chi connectivity index (χ4v) is 3.16. The molecule has 0 aliphatic heterocycles. The Bertz CT molecular complexity index is 743. The van der Waals surface area contributed by atoms with Crippen molar-refractivity contribution in [3.05, 3.63) is 33.5 Å². The van der Waals surface area contributed by atoms with E-state index in [0.717, 1.165) is 5.69 Å². The smallest absolute Gasteiger partial charge is 0.355 e. The molecule has 24 heavy (non-hydrogen) atoms. The minimum Gasteiger partial charge on any atom is -0.476 e. The Morgan fingerprint density at radius 2 is 2.08 bits per heavy atom. The number of carboxylic acid groups (broad SMARTS) is 1. The second-order valence-corrected chi connectivity index (χ2v) is 7.32. The van der Waals surface area contributed by atoms with Gasteiger partial charge in [0, 0.05) is 18.3 Å². The molecule has 0 saturated carbocycles. The predicted molar refractivity (Wildman–Crippen MR) is 91.7 cm³/mol. The Kier molecular flexibility index (Phi) is 5.38. The third-order valence-corrected chi connectivity index (χ3v) is 4.39. The van der Waals surface area contributed by atoms with E-state index < -0.39 is 5.97 Å². The summed E-state index contributed by atoms with van der Waals surface area (Å²) >= 11 is 1.28. The van der Waals surface area contributed by atoms with Gasteiger partial charge in [0.1, 0.15) is 0 Å². The molecular weight excluding hydrogens is 328 g/mol. The monoisotopic (exact) mass is 350 g/mol. The molecule has 0 aliphatic carbocycles. The molecule has 0 saturated heterocycles. The van der Waals surface area contributed by atoms with Gasteiger partial charge >= 0.3 is 5.97 Å². The first-order valence-electron chi connectivity index (χ1n) is 7.77. The summed E-state index contributed by atoms with van der Waals surface area (Å²) in [5.74, 6) is -1.21. The average Bonchev–Trinajstić information content (AvgIpc) is 3.12. The van der Waals surface area contributed by atoms with Crippen LogP contribution in [0.3, 0.4) is 0 Å². The van der Waals surface area contributed by atoms with Crippen molar-refractivity contribution in [2.24, 2.45) is 0 Å². The number of carbonyl (C=O) groups excluding carboxylic acids is 1. The molecule has 0 aliphatic rings. The Morgan fingerprint density at radius 1 is 1.38 bits per heavy atom. The molecule has 0 spiro atoms. The van der Waals surface area contributed by atoms with Crippen LogP contribution < -0.4 is 5.32 Å². The van der Waals surface area contributed by atoms with Crippen LogP contribution in [0.2, 0.25) is 0 Å². The van der Waals surface area contributed by atoms with Crippen LogP contribution in [0.25, 0.3) is 0 Å². The molecule has 0 atom stereocenters. The zero-order valence-electron chi connectivity index (χ0n) is 14.3. The normalized spacial score (nSPS) is 11.5. The number of aromatic nitrogens is 3. The molecular formula is C16H22N4O3S. The van der Waals surface area contributed by atoms with E-state index in [9.17, 15) is 9.59 Å². The summed E-state index contributed by atoms with van der Waals surface area (Å²) in [5, 5.41) is 18.2. The van der Waals surface area contributed by atoms with E-state index in [1.165, 1.54) is 16.7 Å². The SMILES string of the molecule is CCc1c(C(=O)NCCc2nc(C(=O)O)cs2)cnn1C(C)(C)C. The number of rotatable bonds is 6. The van der Waals surface area contributed by atoms with Crippen LogP contribution in [-0.4, -0.2) is 38.3 Å². The van der Waals surface area contributed by atoms with E-state index in [4.69, 9.17) is 5.11 Å². The van der Waals surface area contributed by atoms with Crippen LogP contribution in [0.5, 0.6) is 0 Å². The number of nitrogens with zero attached hydrogens (tertiary/aromatic N) is 3. The fourth-order valence-electron chi connectivity index (χ4n) is 2.38. The fraction of sp³-hybridized carbons (Fsp3) is 0.500. The highest BCUT2D eigenvalue weighted by Crippen LogP contribution is 2.19. The number of amides is 1. The van der Waals surface area contributed by atoms with Gasteiger partial charge in [-0.3, -0.25) is 9.48 Å². The molecule has 0 unspecified atom stereocenters. The van der Waals surface area contributed by atoms with Gasteiger partial charge in [-0.25, -0.2) is 9.78 Å². The maximum absolute atomic E-state index is 12.4. The van der Waals surface area contributed by atoms with Crippen molar-refractivity contribution in [2.75, 3.05) is 6.54 Å². The largest absolute Gasteiger partial charge is 0.476 e. The van der Waals surface area contributed by atoms with Crippen molar-refractivity contribution in [1.82, 2.24) is 20.1 Å². The van der Waals surface area contributed by atoms with Crippen molar-refractivity contribution >= 4 is 23.2 Å². The summed E-state index contributed by atoms with van der Waals surface area (Å²) in [7, 11) is 0. The van der Waals surface area contributed by atoms with Gasteiger partial charge < -0.3 is 10.4 Å². The molecule has 1 amide bonds. The lowest BCUT2D eigenvalue weighted by Crippen LogP contribution is -2.28. The Morgan fingerprint density at radius 3 is 2.62 bits per heavy atom. The Balaban J connectivity index is 2.00. The van der Waals surface area contributed by atoms with Gasteiger partial charge in [-0.2, -0.15) is 5.10 Å². The number of carboxylic acids is 1. The highest BCUT2D eigenvalue weighted by atomic mass is 32.1. The topological polar surface area (TPSA) is 97.1 Å². The lowest BCUT2D eigenvalue weighted by Gasteiger charge is -2.22. The lowest BCUT2D eigenvalue weighted by molar-refractivity contribution is 0.0690. The van der Waals surface area contributed by atoms with E-state index in [0.29, 0.717) is 30.0 Å². The number of aromatic carboxylic acids is 1. The summed E-state index contributed by atoms with van der Waals surface area (Å²) in [6.07, 6.45) is 2.82. The molecule has 130 valence electrons. The van der Waals surface area contributed by atoms with Crippen LogP contribution in [0.15, 0.2) is 11.6 Å². The Hall–Kier alpha value is -2.22. The maximum Gasteiger partial charge on any atom is 0.355 e. The second-order valence-electron chi connectivity index (χ2n) is 6.38. The first-order valence-corrected chi connectivity index (χ1v) is 8.65. The standard InChI is InChI=1S/C16H22N4O3S/c1-5-12-10(8-18-20(12)16(2,3)4)14(21)17-7-6-13-19-11(9-24-13)15(22)23/h8-9H,5-7H2,1-4H3,(H,17,21)(H,22,23). The molecule has 2 aromatic rings. The molecule has 2 N–H and O–H groups in total. The lowest BCUT2D eigenvalue weighted by atomic mass is 10.1. The number of thiazole rings is 1. The van der Waals surface area contributed by atoms with E-state index in [1.807, 2.05) is 32.4 Å². The van der Waals surface area contributed by atoms with Gasteiger partial charge in [0.05, 0.1) is 28.0 Å². The van der Waals surface area contributed by atoms with Crippen LogP contribution in [0, 0.1) is 0 Å². The van der Waals surface area contributed by atoms with Gasteiger partial charge in [-0.05, 0) is 27.2 Å². The molecule has 2 aromatic heterocycles. The van der Waals surface area contributed by atoms with Crippen LogP contribution >= 0.6 is 11.3 Å². The van der Waals surface area contributed by atoms with Crippen molar-refractivity contribution in [2.45, 2.75) is 46.1 Å².